The van der Waals surface area contributed by atoms with E-state index in [0.717, 1.165) is 17.8 Å². The average molecular weight is 298 g/mol. The monoisotopic (exact) mass is 298 g/mol. The smallest absolute Gasteiger partial charge is 0.257 e. The summed E-state index contributed by atoms with van der Waals surface area (Å²) in [6.07, 6.45) is 2.46. The normalized spacial score (nSPS) is 15.0. The molecule has 1 aliphatic heterocycles. The third-order valence-electron chi connectivity index (χ3n) is 3.99. The first kappa shape index (κ1) is 14.3. The van der Waals surface area contributed by atoms with Gasteiger partial charge in [0.1, 0.15) is 0 Å². The Bertz CT molecular complexity index is 673. The van der Waals surface area contributed by atoms with Crippen LogP contribution in [0, 0.1) is 6.92 Å². The molecule has 1 saturated heterocycles. The molecule has 2 heterocycles. The van der Waals surface area contributed by atoms with E-state index in [1.54, 1.807) is 20.7 Å². The van der Waals surface area contributed by atoms with Crippen LogP contribution in [0.4, 0.5) is 0 Å². The molecule has 1 aromatic carbocycles. The maximum atomic E-state index is 12.6. The molecular formula is C16H18N4O2. The largest absolute Gasteiger partial charge is 0.342 e. The van der Waals surface area contributed by atoms with Crippen LogP contribution >= 0.6 is 0 Å². The van der Waals surface area contributed by atoms with Crippen molar-refractivity contribution in [3.05, 3.63) is 47.8 Å². The van der Waals surface area contributed by atoms with Gasteiger partial charge in [-0.25, -0.2) is 4.68 Å². The molecule has 1 aromatic heterocycles. The highest BCUT2D eigenvalue weighted by atomic mass is 16.2. The van der Waals surface area contributed by atoms with E-state index in [1.807, 2.05) is 37.3 Å². The van der Waals surface area contributed by atoms with Crippen molar-refractivity contribution in [2.75, 3.05) is 26.2 Å². The van der Waals surface area contributed by atoms with Crippen LogP contribution in [-0.2, 0) is 4.79 Å². The van der Waals surface area contributed by atoms with Gasteiger partial charge in [0.2, 0.25) is 6.41 Å². The summed E-state index contributed by atoms with van der Waals surface area (Å²) in [6.45, 7) is 4.19. The summed E-state index contributed by atoms with van der Waals surface area (Å²) in [5, 5.41) is 4.34. The van der Waals surface area contributed by atoms with Gasteiger partial charge >= 0.3 is 0 Å². The molecule has 0 spiro atoms. The van der Waals surface area contributed by atoms with Gasteiger partial charge in [-0.2, -0.15) is 5.10 Å². The van der Waals surface area contributed by atoms with Crippen LogP contribution in [0.15, 0.2) is 36.5 Å². The van der Waals surface area contributed by atoms with E-state index in [0.29, 0.717) is 31.7 Å². The Kier molecular flexibility index (Phi) is 3.91. The average Bonchev–Trinajstić information content (AvgIpc) is 2.96. The Balaban J connectivity index is 1.80. The van der Waals surface area contributed by atoms with Crippen LogP contribution in [0.2, 0.25) is 0 Å². The molecule has 0 atom stereocenters. The second kappa shape index (κ2) is 6.01. The number of aromatic nitrogens is 2. The topological polar surface area (TPSA) is 58.4 Å². The molecule has 0 aliphatic carbocycles. The van der Waals surface area contributed by atoms with E-state index in [1.165, 1.54) is 0 Å². The number of para-hydroxylation sites is 1. The number of hydrogen-bond acceptors (Lipinski definition) is 3. The van der Waals surface area contributed by atoms with Crippen molar-refractivity contribution in [2.24, 2.45) is 0 Å². The summed E-state index contributed by atoms with van der Waals surface area (Å²) >= 11 is 0. The fraction of sp³-hybridized carbons (Fsp3) is 0.312. The molecule has 0 unspecified atom stereocenters. The molecule has 1 aliphatic rings. The number of piperazine rings is 1. The van der Waals surface area contributed by atoms with Crippen molar-refractivity contribution in [3.8, 4) is 5.69 Å². The predicted octanol–water partition coefficient (Wildman–Crippen LogP) is 1.09. The Labute approximate surface area is 128 Å². The minimum Gasteiger partial charge on any atom is -0.342 e. The summed E-state index contributed by atoms with van der Waals surface area (Å²) in [7, 11) is 0. The number of benzene rings is 1. The molecule has 6 heteroatoms. The number of nitrogens with zero attached hydrogens (tertiary/aromatic N) is 4. The number of carbonyl (C=O) groups is 2. The van der Waals surface area contributed by atoms with Gasteiger partial charge in [0.25, 0.3) is 5.91 Å². The van der Waals surface area contributed by atoms with Gasteiger partial charge < -0.3 is 9.80 Å². The summed E-state index contributed by atoms with van der Waals surface area (Å²) < 4.78 is 1.77. The molecule has 2 amide bonds. The lowest BCUT2D eigenvalue weighted by Crippen LogP contribution is -2.48. The van der Waals surface area contributed by atoms with Gasteiger partial charge in [0, 0.05) is 26.2 Å². The summed E-state index contributed by atoms with van der Waals surface area (Å²) in [5.74, 6) is -0.0229. The SMILES string of the molecule is Cc1c(C(=O)N2CCN(C=O)CC2)cnn1-c1ccccc1. The lowest BCUT2D eigenvalue weighted by atomic mass is 10.2. The number of hydrogen-bond donors (Lipinski definition) is 0. The van der Waals surface area contributed by atoms with E-state index >= 15 is 0 Å². The number of amides is 2. The zero-order chi connectivity index (χ0) is 15.5. The highest BCUT2D eigenvalue weighted by molar-refractivity contribution is 5.95. The zero-order valence-corrected chi connectivity index (χ0v) is 12.5. The van der Waals surface area contributed by atoms with Crippen molar-refractivity contribution in [2.45, 2.75) is 6.92 Å². The Morgan fingerprint density at radius 3 is 2.45 bits per heavy atom. The van der Waals surface area contributed by atoms with Crippen LogP contribution in [0.5, 0.6) is 0 Å². The molecule has 0 radical (unpaired) electrons. The van der Waals surface area contributed by atoms with E-state index in [2.05, 4.69) is 5.10 Å². The highest BCUT2D eigenvalue weighted by Gasteiger charge is 2.24. The first-order valence-electron chi connectivity index (χ1n) is 7.29. The van der Waals surface area contributed by atoms with Gasteiger partial charge in [-0.1, -0.05) is 18.2 Å². The maximum absolute atomic E-state index is 12.6. The van der Waals surface area contributed by atoms with Gasteiger partial charge in [-0.3, -0.25) is 9.59 Å². The molecule has 114 valence electrons. The van der Waals surface area contributed by atoms with E-state index in [9.17, 15) is 9.59 Å². The van der Waals surface area contributed by atoms with Crippen molar-refractivity contribution in [3.63, 3.8) is 0 Å². The standard InChI is InChI=1S/C16H18N4O2/c1-13-15(11-17-20(13)14-5-3-2-4-6-14)16(22)19-9-7-18(12-21)8-10-19/h2-6,11-12H,7-10H2,1H3. The fourth-order valence-electron chi connectivity index (χ4n) is 2.65. The minimum atomic E-state index is -0.0229. The molecule has 3 rings (SSSR count). The van der Waals surface area contributed by atoms with Crippen molar-refractivity contribution >= 4 is 12.3 Å². The maximum Gasteiger partial charge on any atom is 0.257 e. The molecule has 2 aromatic rings. The van der Waals surface area contributed by atoms with Gasteiger partial charge in [0.15, 0.2) is 0 Å². The fourth-order valence-corrected chi connectivity index (χ4v) is 2.65. The van der Waals surface area contributed by atoms with E-state index in [-0.39, 0.29) is 5.91 Å². The summed E-state index contributed by atoms with van der Waals surface area (Å²) in [4.78, 5) is 26.8. The third kappa shape index (κ3) is 2.59. The van der Waals surface area contributed by atoms with Crippen LogP contribution in [0.1, 0.15) is 16.1 Å². The molecule has 0 bridgehead atoms. The van der Waals surface area contributed by atoms with E-state index in [4.69, 9.17) is 0 Å². The van der Waals surface area contributed by atoms with E-state index < -0.39 is 0 Å². The second-order valence-electron chi connectivity index (χ2n) is 5.32. The predicted molar refractivity (Wildman–Crippen MR) is 81.8 cm³/mol. The zero-order valence-electron chi connectivity index (χ0n) is 12.5. The first-order chi connectivity index (χ1) is 10.7. The molecule has 0 N–H and O–H groups in total. The highest BCUT2D eigenvalue weighted by Crippen LogP contribution is 2.16. The van der Waals surface area contributed by atoms with Crippen LogP contribution in [-0.4, -0.2) is 58.1 Å². The molecular weight excluding hydrogens is 280 g/mol. The van der Waals surface area contributed by atoms with Crippen LogP contribution in [0.3, 0.4) is 0 Å². The quantitative estimate of drug-likeness (QED) is 0.797. The minimum absolute atomic E-state index is 0.0229. The Hall–Kier alpha value is -2.63. The van der Waals surface area contributed by atoms with Crippen molar-refractivity contribution in [1.82, 2.24) is 19.6 Å². The lowest BCUT2D eigenvalue weighted by molar-refractivity contribution is -0.119. The van der Waals surface area contributed by atoms with Crippen molar-refractivity contribution in [1.29, 1.82) is 0 Å². The van der Waals surface area contributed by atoms with Gasteiger partial charge in [0.05, 0.1) is 23.1 Å². The lowest BCUT2D eigenvalue weighted by Gasteiger charge is -2.32. The molecule has 0 saturated carbocycles. The molecule has 6 nitrogen and oxygen atoms in total. The Morgan fingerprint density at radius 2 is 1.82 bits per heavy atom. The third-order valence-corrected chi connectivity index (χ3v) is 3.99. The second-order valence-corrected chi connectivity index (χ2v) is 5.32. The molecule has 1 fully saturated rings. The number of rotatable bonds is 3. The molecule has 22 heavy (non-hydrogen) atoms. The summed E-state index contributed by atoms with van der Waals surface area (Å²) in [6, 6.07) is 9.74. The van der Waals surface area contributed by atoms with Gasteiger partial charge in [-0.05, 0) is 19.1 Å². The summed E-state index contributed by atoms with van der Waals surface area (Å²) in [5.41, 5.74) is 2.38. The Morgan fingerprint density at radius 1 is 1.14 bits per heavy atom. The van der Waals surface area contributed by atoms with Crippen LogP contribution in [0.25, 0.3) is 5.69 Å². The van der Waals surface area contributed by atoms with Gasteiger partial charge in [-0.15, -0.1) is 0 Å². The first-order valence-corrected chi connectivity index (χ1v) is 7.29. The van der Waals surface area contributed by atoms with Crippen LogP contribution < -0.4 is 0 Å². The van der Waals surface area contributed by atoms with Crippen molar-refractivity contribution < 1.29 is 9.59 Å². The number of carbonyl (C=O) groups excluding carboxylic acids is 2.